The van der Waals surface area contributed by atoms with Crippen LogP contribution in [-0.2, 0) is 9.53 Å². The highest BCUT2D eigenvalue weighted by Crippen LogP contribution is 2.17. The fourth-order valence-corrected chi connectivity index (χ4v) is 1.01. The van der Waals surface area contributed by atoms with E-state index in [0.717, 1.165) is 0 Å². The summed E-state index contributed by atoms with van der Waals surface area (Å²) in [5, 5.41) is 11.1. The predicted octanol–water partition coefficient (Wildman–Crippen LogP) is 1.06. The van der Waals surface area contributed by atoms with E-state index in [0.29, 0.717) is 0 Å². The number of thiol groups is 1. The van der Waals surface area contributed by atoms with E-state index < -0.39 is 22.9 Å². The molecule has 0 aliphatic carbocycles. The summed E-state index contributed by atoms with van der Waals surface area (Å²) in [4.78, 5) is 21.9. The Morgan fingerprint density at radius 2 is 2.20 bits per heavy atom. The van der Waals surface area contributed by atoms with Gasteiger partial charge in [0, 0.05) is 4.75 Å². The maximum absolute atomic E-state index is 11.1. The second kappa shape index (κ2) is 5.65. The Morgan fingerprint density at radius 3 is 2.53 bits per heavy atom. The van der Waals surface area contributed by atoms with Crippen LogP contribution in [0.15, 0.2) is 12.7 Å². The summed E-state index contributed by atoms with van der Waals surface area (Å²) in [6, 6.07) is -1.11. The van der Waals surface area contributed by atoms with Crippen LogP contribution in [0.4, 0.5) is 4.79 Å². The van der Waals surface area contributed by atoms with Crippen molar-refractivity contribution in [2.45, 2.75) is 24.6 Å². The van der Waals surface area contributed by atoms with Crippen molar-refractivity contribution in [1.29, 1.82) is 0 Å². The lowest BCUT2D eigenvalue weighted by Crippen LogP contribution is -2.51. The van der Waals surface area contributed by atoms with Gasteiger partial charge in [-0.05, 0) is 13.8 Å². The summed E-state index contributed by atoms with van der Waals surface area (Å²) in [5.74, 6) is -1.16. The molecule has 0 aromatic heterocycles. The van der Waals surface area contributed by atoms with Gasteiger partial charge in [-0.25, -0.2) is 9.59 Å². The number of alkyl carbamates (subject to hydrolysis) is 1. The molecule has 0 bridgehead atoms. The number of carboxylic acid groups (broad SMARTS) is 1. The van der Waals surface area contributed by atoms with Crippen molar-refractivity contribution in [3.05, 3.63) is 12.7 Å². The minimum Gasteiger partial charge on any atom is -0.480 e. The van der Waals surface area contributed by atoms with E-state index in [-0.39, 0.29) is 6.61 Å². The minimum atomic E-state index is -1.16. The third-order valence-corrected chi connectivity index (χ3v) is 1.81. The first-order valence-electron chi connectivity index (χ1n) is 4.28. The van der Waals surface area contributed by atoms with Crippen molar-refractivity contribution in [3.63, 3.8) is 0 Å². The standard InChI is InChI=1S/C9H15NO4S/c1-4-5-14-8(13)10-6(7(11)12)9(2,3)15/h4,6,15H,1,5H2,2-3H3,(H,10,13)(H,11,12)/t6-/m1/s1. The zero-order valence-electron chi connectivity index (χ0n) is 8.69. The van der Waals surface area contributed by atoms with E-state index in [1.54, 1.807) is 13.8 Å². The summed E-state index contributed by atoms with van der Waals surface area (Å²) >= 11 is 4.08. The molecule has 0 saturated carbocycles. The highest BCUT2D eigenvalue weighted by Gasteiger charge is 2.33. The summed E-state index contributed by atoms with van der Waals surface area (Å²) in [6.45, 7) is 6.56. The molecule has 0 aliphatic rings. The molecule has 0 aromatic carbocycles. The highest BCUT2D eigenvalue weighted by atomic mass is 32.1. The van der Waals surface area contributed by atoms with Crippen molar-refractivity contribution in [2.75, 3.05) is 6.61 Å². The van der Waals surface area contributed by atoms with E-state index in [9.17, 15) is 9.59 Å². The van der Waals surface area contributed by atoms with Gasteiger partial charge in [0.1, 0.15) is 12.6 Å². The number of hydrogen-bond donors (Lipinski definition) is 3. The third-order valence-electron chi connectivity index (χ3n) is 1.55. The molecule has 15 heavy (non-hydrogen) atoms. The van der Waals surface area contributed by atoms with Gasteiger partial charge in [0.2, 0.25) is 0 Å². The number of carbonyl (C=O) groups excluding carboxylic acids is 1. The molecule has 5 nitrogen and oxygen atoms in total. The van der Waals surface area contributed by atoms with Gasteiger partial charge in [0.25, 0.3) is 0 Å². The van der Waals surface area contributed by atoms with Crippen molar-refractivity contribution in [3.8, 4) is 0 Å². The molecule has 0 fully saturated rings. The minimum absolute atomic E-state index is 0.0329. The van der Waals surface area contributed by atoms with Crippen LogP contribution in [0.25, 0.3) is 0 Å². The molecule has 1 amide bonds. The fourth-order valence-electron chi connectivity index (χ4n) is 0.835. The van der Waals surface area contributed by atoms with Crippen LogP contribution in [0.1, 0.15) is 13.8 Å². The molecule has 0 saturated heterocycles. The van der Waals surface area contributed by atoms with Gasteiger partial charge >= 0.3 is 12.1 Å². The fraction of sp³-hybridized carbons (Fsp3) is 0.556. The molecule has 0 aromatic rings. The maximum atomic E-state index is 11.1. The average molecular weight is 233 g/mol. The van der Waals surface area contributed by atoms with E-state index >= 15 is 0 Å². The van der Waals surface area contributed by atoms with Gasteiger partial charge in [-0.1, -0.05) is 12.7 Å². The molecule has 6 heteroatoms. The van der Waals surface area contributed by atoms with Crippen LogP contribution in [0.5, 0.6) is 0 Å². The number of ether oxygens (including phenoxy) is 1. The number of amides is 1. The second-order valence-corrected chi connectivity index (χ2v) is 4.61. The van der Waals surface area contributed by atoms with Crippen molar-refractivity contribution in [2.24, 2.45) is 0 Å². The Balaban J connectivity index is 4.37. The normalized spacial score (nSPS) is 12.7. The number of rotatable bonds is 5. The van der Waals surface area contributed by atoms with Crippen LogP contribution in [0, 0.1) is 0 Å². The molecule has 2 N–H and O–H groups in total. The molecular formula is C9H15NO4S. The molecule has 0 unspecified atom stereocenters. The molecule has 0 radical (unpaired) electrons. The van der Waals surface area contributed by atoms with Crippen LogP contribution in [0.2, 0.25) is 0 Å². The number of hydrogen-bond acceptors (Lipinski definition) is 4. The first-order valence-corrected chi connectivity index (χ1v) is 4.73. The van der Waals surface area contributed by atoms with Gasteiger partial charge in [0.15, 0.2) is 0 Å². The molecule has 0 aliphatic heterocycles. The Kier molecular flexibility index (Phi) is 5.21. The van der Waals surface area contributed by atoms with Gasteiger partial charge in [-0.3, -0.25) is 0 Å². The predicted molar refractivity (Wildman–Crippen MR) is 59.2 cm³/mol. The average Bonchev–Trinajstić information content (AvgIpc) is 2.08. The van der Waals surface area contributed by atoms with Crippen LogP contribution >= 0.6 is 12.6 Å². The first kappa shape index (κ1) is 13.8. The molecular weight excluding hydrogens is 218 g/mol. The number of carboxylic acids is 1. The summed E-state index contributed by atoms with van der Waals surface area (Å²) in [5.41, 5.74) is 0. The lowest BCUT2D eigenvalue weighted by Gasteiger charge is -2.26. The van der Waals surface area contributed by atoms with Crippen molar-refractivity contribution < 1.29 is 19.4 Å². The molecule has 0 spiro atoms. The Hall–Kier alpha value is -1.17. The number of carbonyl (C=O) groups is 2. The lowest BCUT2D eigenvalue weighted by atomic mass is 10.0. The molecule has 86 valence electrons. The largest absolute Gasteiger partial charge is 0.480 e. The zero-order chi connectivity index (χ0) is 12.1. The van der Waals surface area contributed by atoms with Gasteiger partial charge in [-0.15, -0.1) is 0 Å². The third kappa shape index (κ3) is 5.31. The summed E-state index contributed by atoms with van der Waals surface area (Å²) in [6.07, 6.45) is 0.589. The Labute approximate surface area is 93.9 Å². The van der Waals surface area contributed by atoms with E-state index in [1.807, 2.05) is 0 Å². The maximum Gasteiger partial charge on any atom is 0.408 e. The van der Waals surface area contributed by atoms with Crippen LogP contribution < -0.4 is 5.32 Å². The van der Waals surface area contributed by atoms with Crippen LogP contribution in [0.3, 0.4) is 0 Å². The van der Waals surface area contributed by atoms with Gasteiger partial charge in [-0.2, -0.15) is 12.6 Å². The van der Waals surface area contributed by atoms with E-state index in [1.165, 1.54) is 6.08 Å². The quantitative estimate of drug-likeness (QED) is 0.490. The SMILES string of the molecule is C=CCOC(=O)N[C@H](C(=O)O)C(C)(C)S. The molecule has 0 rings (SSSR count). The zero-order valence-corrected chi connectivity index (χ0v) is 9.58. The lowest BCUT2D eigenvalue weighted by molar-refractivity contribution is -0.139. The van der Waals surface area contributed by atoms with E-state index in [4.69, 9.17) is 5.11 Å². The Bertz CT molecular complexity index is 259. The smallest absolute Gasteiger partial charge is 0.408 e. The summed E-state index contributed by atoms with van der Waals surface area (Å²) in [7, 11) is 0. The summed E-state index contributed by atoms with van der Waals surface area (Å²) < 4.78 is 3.73. The molecule has 0 heterocycles. The topological polar surface area (TPSA) is 75.6 Å². The van der Waals surface area contributed by atoms with E-state index in [2.05, 4.69) is 29.3 Å². The van der Waals surface area contributed by atoms with Crippen molar-refractivity contribution >= 4 is 24.7 Å². The second-order valence-electron chi connectivity index (χ2n) is 3.46. The van der Waals surface area contributed by atoms with Crippen molar-refractivity contribution in [1.82, 2.24) is 5.32 Å². The Morgan fingerprint density at radius 1 is 1.67 bits per heavy atom. The van der Waals surface area contributed by atoms with Crippen LogP contribution in [-0.4, -0.2) is 34.6 Å². The molecule has 1 atom stereocenters. The van der Waals surface area contributed by atoms with Gasteiger partial charge < -0.3 is 15.2 Å². The number of nitrogens with one attached hydrogen (secondary N) is 1. The monoisotopic (exact) mass is 233 g/mol. The highest BCUT2D eigenvalue weighted by molar-refractivity contribution is 7.81. The number of aliphatic carboxylic acids is 1. The van der Waals surface area contributed by atoms with Gasteiger partial charge in [0.05, 0.1) is 0 Å². The first-order chi connectivity index (χ1) is 6.79.